The smallest absolute Gasteiger partial charge is 0.0109 e. The minimum atomic E-state index is 0.810. The largest absolute Gasteiger partial charge is 0.133 e. The molecule has 2 unspecified atom stereocenters. The SMILES string of the molecule is CPc1cc(C)ccc1-c1cccc(-c2ccc(CP)cc2)c1. The summed E-state index contributed by atoms with van der Waals surface area (Å²) < 4.78 is 0. The van der Waals surface area contributed by atoms with E-state index in [4.69, 9.17) is 0 Å². The predicted octanol–water partition coefficient (Wildman–Crippen LogP) is 5.64. The fourth-order valence-corrected chi connectivity index (χ4v) is 3.96. The van der Waals surface area contributed by atoms with Crippen LogP contribution in [0.1, 0.15) is 11.1 Å². The van der Waals surface area contributed by atoms with Crippen LogP contribution in [0.4, 0.5) is 0 Å². The number of hydrogen-bond donors (Lipinski definition) is 0. The van der Waals surface area contributed by atoms with Gasteiger partial charge in [0, 0.05) is 0 Å². The molecule has 3 rings (SSSR count). The summed E-state index contributed by atoms with van der Waals surface area (Å²) in [6.45, 7) is 4.42. The van der Waals surface area contributed by atoms with E-state index in [-0.39, 0.29) is 0 Å². The van der Waals surface area contributed by atoms with Crippen molar-refractivity contribution in [1.82, 2.24) is 0 Å². The molecule has 0 N–H and O–H groups in total. The second kappa shape index (κ2) is 7.39. The number of hydrogen-bond acceptors (Lipinski definition) is 0. The second-order valence-electron chi connectivity index (χ2n) is 5.78. The van der Waals surface area contributed by atoms with Crippen molar-refractivity contribution in [3.8, 4) is 22.3 Å². The lowest BCUT2D eigenvalue weighted by Gasteiger charge is -2.11. The summed E-state index contributed by atoms with van der Waals surface area (Å²) in [7, 11) is 3.59. The molecule has 0 bridgehead atoms. The minimum absolute atomic E-state index is 0.810. The summed E-state index contributed by atoms with van der Waals surface area (Å²) in [6, 6.07) is 24.5. The van der Waals surface area contributed by atoms with Crippen molar-refractivity contribution in [3.63, 3.8) is 0 Å². The molecule has 0 fully saturated rings. The third-order valence-electron chi connectivity index (χ3n) is 4.14. The van der Waals surface area contributed by atoms with E-state index in [0.29, 0.717) is 0 Å². The maximum atomic E-state index is 2.78. The highest BCUT2D eigenvalue weighted by molar-refractivity contribution is 7.46. The van der Waals surface area contributed by atoms with Crippen LogP contribution in [0, 0.1) is 6.92 Å². The summed E-state index contributed by atoms with van der Waals surface area (Å²) in [5.74, 6) is 0. The lowest BCUT2D eigenvalue weighted by Crippen LogP contribution is -2.00. The summed E-state index contributed by atoms with van der Waals surface area (Å²) in [6.07, 6.45) is 1.00. The van der Waals surface area contributed by atoms with Crippen LogP contribution in [0.2, 0.25) is 0 Å². The van der Waals surface area contributed by atoms with Gasteiger partial charge in [-0.3, -0.25) is 0 Å². The lowest BCUT2D eigenvalue weighted by molar-refractivity contribution is 1.42. The molecule has 0 heterocycles. The predicted molar refractivity (Wildman–Crippen MR) is 109 cm³/mol. The molecule has 23 heavy (non-hydrogen) atoms. The molecule has 0 aromatic heterocycles. The van der Waals surface area contributed by atoms with Crippen LogP contribution in [0.15, 0.2) is 66.7 Å². The highest BCUT2D eigenvalue weighted by Crippen LogP contribution is 2.28. The Morgan fingerprint density at radius 1 is 0.826 bits per heavy atom. The maximum Gasteiger partial charge on any atom is -0.0109 e. The quantitative estimate of drug-likeness (QED) is 0.541. The first-order valence-corrected chi connectivity index (χ1v) is 10.2. The maximum absolute atomic E-state index is 2.78. The number of aryl methyl sites for hydroxylation is 1. The van der Waals surface area contributed by atoms with E-state index in [0.717, 1.165) is 14.7 Å². The van der Waals surface area contributed by atoms with E-state index >= 15 is 0 Å². The fraction of sp³-hybridized carbons (Fsp3) is 0.143. The van der Waals surface area contributed by atoms with Crippen molar-refractivity contribution in [1.29, 1.82) is 0 Å². The molecular weight excluding hydrogens is 314 g/mol. The Hall–Kier alpha value is -1.48. The van der Waals surface area contributed by atoms with Crippen LogP contribution in [0.5, 0.6) is 0 Å². The Labute approximate surface area is 143 Å². The Morgan fingerprint density at radius 3 is 2.26 bits per heavy atom. The molecule has 2 heteroatoms. The van der Waals surface area contributed by atoms with Crippen LogP contribution in [-0.2, 0) is 6.16 Å². The van der Waals surface area contributed by atoms with E-state index in [9.17, 15) is 0 Å². The summed E-state index contributed by atoms with van der Waals surface area (Å²) in [5.41, 5.74) is 7.91. The molecule has 0 amide bonds. The molecule has 0 saturated heterocycles. The summed E-state index contributed by atoms with van der Waals surface area (Å²) in [4.78, 5) is 0. The third kappa shape index (κ3) is 3.72. The van der Waals surface area contributed by atoms with Gasteiger partial charge in [0.2, 0.25) is 0 Å². The fourth-order valence-electron chi connectivity index (χ4n) is 2.82. The normalized spacial score (nSPS) is 11.3. The first kappa shape index (κ1) is 16.4. The van der Waals surface area contributed by atoms with Crippen LogP contribution < -0.4 is 5.30 Å². The van der Waals surface area contributed by atoms with Gasteiger partial charge in [-0.2, -0.15) is 0 Å². The molecule has 0 aliphatic rings. The first-order valence-electron chi connectivity index (χ1n) is 7.89. The first-order chi connectivity index (χ1) is 11.2. The zero-order chi connectivity index (χ0) is 16.2. The molecule has 0 radical (unpaired) electrons. The van der Waals surface area contributed by atoms with E-state index < -0.39 is 0 Å². The van der Waals surface area contributed by atoms with Crippen LogP contribution in [0.25, 0.3) is 22.3 Å². The van der Waals surface area contributed by atoms with Crippen LogP contribution in [-0.4, -0.2) is 6.66 Å². The highest BCUT2D eigenvalue weighted by Gasteiger charge is 2.06. The van der Waals surface area contributed by atoms with Gasteiger partial charge in [-0.25, -0.2) is 0 Å². The van der Waals surface area contributed by atoms with Crippen molar-refractivity contribution in [2.45, 2.75) is 13.1 Å². The van der Waals surface area contributed by atoms with Gasteiger partial charge in [-0.1, -0.05) is 74.8 Å². The van der Waals surface area contributed by atoms with Gasteiger partial charge < -0.3 is 0 Å². The lowest BCUT2D eigenvalue weighted by atomic mass is 9.98. The summed E-state index contributed by atoms with van der Waals surface area (Å²) >= 11 is 0. The molecule has 0 aliphatic heterocycles. The zero-order valence-electron chi connectivity index (χ0n) is 13.6. The molecule has 0 aliphatic carbocycles. The van der Waals surface area contributed by atoms with Crippen molar-refractivity contribution in [3.05, 3.63) is 77.9 Å². The van der Waals surface area contributed by atoms with Crippen molar-refractivity contribution in [2.24, 2.45) is 0 Å². The van der Waals surface area contributed by atoms with Gasteiger partial charge in [-0.05, 0) is 58.9 Å². The van der Waals surface area contributed by atoms with Gasteiger partial charge in [0.05, 0.1) is 0 Å². The second-order valence-corrected chi connectivity index (χ2v) is 7.23. The zero-order valence-corrected chi connectivity index (χ0v) is 15.8. The summed E-state index contributed by atoms with van der Waals surface area (Å²) in [5, 5.41) is 1.44. The van der Waals surface area contributed by atoms with Crippen molar-refractivity contribution < 1.29 is 0 Å². The van der Waals surface area contributed by atoms with Crippen molar-refractivity contribution >= 4 is 23.1 Å². The number of rotatable bonds is 4. The van der Waals surface area contributed by atoms with Gasteiger partial charge >= 0.3 is 0 Å². The Balaban J connectivity index is 2.02. The Bertz CT molecular complexity index is 804. The van der Waals surface area contributed by atoms with E-state index in [1.54, 1.807) is 0 Å². The number of benzene rings is 3. The van der Waals surface area contributed by atoms with E-state index in [1.165, 1.54) is 38.7 Å². The van der Waals surface area contributed by atoms with E-state index in [2.05, 4.69) is 89.6 Å². The van der Waals surface area contributed by atoms with E-state index in [1.807, 2.05) is 0 Å². The van der Waals surface area contributed by atoms with Gasteiger partial charge in [0.25, 0.3) is 0 Å². The molecule has 2 atom stereocenters. The molecule has 116 valence electrons. The molecular formula is C21H22P2. The van der Waals surface area contributed by atoms with Gasteiger partial charge in [0.15, 0.2) is 0 Å². The average molecular weight is 336 g/mol. The van der Waals surface area contributed by atoms with Crippen LogP contribution >= 0.6 is 17.8 Å². The third-order valence-corrected chi connectivity index (χ3v) is 5.56. The standard InChI is InChI=1S/C21H22P2/c1-15-6-11-20(21(12-15)23-2)19-5-3-4-18(13-19)17-9-7-16(14-22)8-10-17/h3-13,23H,14,22H2,1-2H3. The van der Waals surface area contributed by atoms with Gasteiger partial charge in [-0.15, -0.1) is 9.24 Å². The Morgan fingerprint density at radius 2 is 1.57 bits per heavy atom. The monoisotopic (exact) mass is 336 g/mol. The molecule has 3 aromatic carbocycles. The minimum Gasteiger partial charge on any atom is -0.133 e. The van der Waals surface area contributed by atoms with Crippen molar-refractivity contribution in [2.75, 3.05) is 6.66 Å². The van der Waals surface area contributed by atoms with Gasteiger partial charge in [0.1, 0.15) is 0 Å². The average Bonchev–Trinajstić information content (AvgIpc) is 2.61. The molecule has 0 saturated carbocycles. The molecule has 0 nitrogen and oxygen atoms in total. The topological polar surface area (TPSA) is 0 Å². The Kier molecular flexibility index (Phi) is 5.27. The molecule has 3 aromatic rings. The molecule has 0 spiro atoms. The van der Waals surface area contributed by atoms with Crippen LogP contribution in [0.3, 0.4) is 0 Å². The highest BCUT2D eigenvalue weighted by atomic mass is 31.1.